The second-order valence-electron chi connectivity index (χ2n) is 4.28. The van der Waals surface area contributed by atoms with Crippen LogP contribution in [0, 0.1) is 0 Å². The molecule has 23 heavy (non-hydrogen) atoms. The van der Waals surface area contributed by atoms with Crippen molar-refractivity contribution in [1.29, 1.82) is 0 Å². The van der Waals surface area contributed by atoms with Crippen LogP contribution in [0.1, 0.15) is 19.4 Å². The smallest absolute Gasteiger partial charge is 0.346 e. The number of ether oxygens (including phenoxy) is 3. The van der Waals surface area contributed by atoms with E-state index >= 15 is 0 Å². The molecule has 0 aliphatic carbocycles. The van der Waals surface area contributed by atoms with Crippen molar-refractivity contribution < 1.29 is 23.8 Å². The van der Waals surface area contributed by atoms with Crippen LogP contribution in [0.4, 0.5) is 4.79 Å². The molecule has 1 unspecified atom stereocenters. The van der Waals surface area contributed by atoms with E-state index in [4.69, 9.17) is 26.8 Å². The van der Waals surface area contributed by atoms with Gasteiger partial charge in [-0.25, -0.2) is 15.0 Å². The second kappa shape index (κ2) is 8.84. The van der Waals surface area contributed by atoms with Gasteiger partial charge in [0.15, 0.2) is 17.6 Å². The Bertz CT molecular complexity index is 606. The molecular formula is C14H18ClN3O5. The summed E-state index contributed by atoms with van der Waals surface area (Å²) >= 11 is 6.17. The highest BCUT2D eigenvalue weighted by Gasteiger charge is 2.20. The number of urea groups is 1. The van der Waals surface area contributed by atoms with Crippen molar-refractivity contribution in [2.75, 3.05) is 13.7 Å². The van der Waals surface area contributed by atoms with E-state index in [1.165, 1.54) is 26.3 Å². The van der Waals surface area contributed by atoms with Gasteiger partial charge in [0.05, 0.1) is 25.0 Å². The monoisotopic (exact) mass is 343 g/mol. The summed E-state index contributed by atoms with van der Waals surface area (Å²) < 4.78 is 15.6. The van der Waals surface area contributed by atoms with E-state index < -0.39 is 18.1 Å². The summed E-state index contributed by atoms with van der Waals surface area (Å²) in [6.45, 7) is 3.68. The van der Waals surface area contributed by atoms with E-state index in [0.717, 1.165) is 0 Å². The molecule has 0 saturated heterocycles. The van der Waals surface area contributed by atoms with E-state index in [1.807, 2.05) is 0 Å². The predicted molar refractivity (Wildman–Crippen MR) is 85.0 cm³/mol. The van der Waals surface area contributed by atoms with Crippen LogP contribution >= 0.6 is 11.6 Å². The van der Waals surface area contributed by atoms with Crippen LogP contribution in [0.2, 0.25) is 5.02 Å². The fourth-order valence-electron chi connectivity index (χ4n) is 1.60. The van der Waals surface area contributed by atoms with Gasteiger partial charge in [0.2, 0.25) is 0 Å². The number of carbonyl (C=O) groups is 2. The molecule has 9 heteroatoms. The van der Waals surface area contributed by atoms with E-state index in [9.17, 15) is 9.59 Å². The largest absolute Gasteiger partial charge is 0.490 e. The number of halogens is 1. The molecule has 1 aromatic carbocycles. The highest BCUT2D eigenvalue weighted by Crippen LogP contribution is 2.37. The minimum Gasteiger partial charge on any atom is -0.490 e. The molecule has 0 aliphatic rings. The number of carbonyl (C=O) groups excluding carboxylic acids is 2. The van der Waals surface area contributed by atoms with Crippen LogP contribution in [0.5, 0.6) is 11.5 Å². The summed E-state index contributed by atoms with van der Waals surface area (Å²) in [7, 11) is 1.26. The number of hydrogen-bond donors (Lipinski definition) is 2. The highest BCUT2D eigenvalue weighted by molar-refractivity contribution is 6.32. The zero-order valence-corrected chi connectivity index (χ0v) is 13.7. The van der Waals surface area contributed by atoms with Gasteiger partial charge in [-0.15, -0.1) is 0 Å². The van der Waals surface area contributed by atoms with Crippen LogP contribution < -0.4 is 20.6 Å². The highest BCUT2D eigenvalue weighted by atomic mass is 35.5. The molecule has 3 N–H and O–H groups in total. The first-order valence-corrected chi connectivity index (χ1v) is 7.06. The van der Waals surface area contributed by atoms with Gasteiger partial charge in [-0.05, 0) is 31.5 Å². The number of hydrogen-bond acceptors (Lipinski definition) is 6. The fraction of sp³-hybridized carbons (Fsp3) is 0.357. The van der Waals surface area contributed by atoms with Crippen molar-refractivity contribution in [3.05, 3.63) is 22.7 Å². The Labute approximate surface area is 138 Å². The Balaban J connectivity index is 3.08. The molecular weight excluding hydrogens is 326 g/mol. The molecule has 0 aromatic heterocycles. The molecule has 0 saturated carbocycles. The second-order valence-corrected chi connectivity index (χ2v) is 4.69. The van der Waals surface area contributed by atoms with E-state index in [2.05, 4.69) is 15.3 Å². The Hall–Kier alpha value is -2.48. The number of hydrazone groups is 1. The molecule has 0 fully saturated rings. The van der Waals surface area contributed by atoms with Crippen molar-refractivity contribution >= 4 is 29.8 Å². The zero-order valence-electron chi connectivity index (χ0n) is 13.0. The third-order valence-corrected chi connectivity index (χ3v) is 2.83. The molecule has 0 heterocycles. The Morgan fingerprint density at radius 2 is 2.17 bits per heavy atom. The van der Waals surface area contributed by atoms with E-state index in [0.29, 0.717) is 17.9 Å². The van der Waals surface area contributed by atoms with E-state index in [1.54, 1.807) is 13.0 Å². The molecule has 1 rings (SSSR count). The number of nitrogens with zero attached hydrogens (tertiary/aromatic N) is 1. The first-order valence-electron chi connectivity index (χ1n) is 6.68. The van der Waals surface area contributed by atoms with Gasteiger partial charge in [0.25, 0.3) is 0 Å². The van der Waals surface area contributed by atoms with Crippen molar-refractivity contribution in [1.82, 2.24) is 5.43 Å². The maximum Gasteiger partial charge on any atom is 0.346 e. The predicted octanol–water partition coefficient (Wildman–Crippen LogP) is 1.68. The molecule has 126 valence electrons. The zero-order chi connectivity index (χ0) is 17.4. The number of esters is 1. The molecule has 1 aromatic rings. The van der Waals surface area contributed by atoms with Crippen LogP contribution in [-0.2, 0) is 9.53 Å². The molecule has 0 radical (unpaired) electrons. The SMILES string of the molecule is CCOc1cc(C=NNC(N)=O)cc(Cl)c1OC(C)C(=O)OC. The average Bonchev–Trinajstić information content (AvgIpc) is 2.49. The number of primary amides is 1. The third-order valence-electron chi connectivity index (χ3n) is 2.55. The van der Waals surface area contributed by atoms with Crippen LogP contribution in [-0.4, -0.2) is 38.0 Å². The van der Waals surface area contributed by atoms with Crippen molar-refractivity contribution in [3.8, 4) is 11.5 Å². The number of methoxy groups -OCH3 is 1. The van der Waals surface area contributed by atoms with Gasteiger partial charge in [0, 0.05) is 0 Å². The molecule has 2 amide bonds. The minimum absolute atomic E-state index is 0.214. The summed E-state index contributed by atoms with van der Waals surface area (Å²) in [5.41, 5.74) is 7.52. The molecule has 0 spiro atoms. The summed E-state index contributed by atoms with van der Waals surface area (Å²) in [6, 6.07) is 2.35. The number of benzene rings is 1. The van der Waals surface area contributed by atoms with Crippen molar-refractivity contribution in [2.45, 2.75) is 20.0 Å². The lowest BCUT2D eigenvalue weighted by molar-refractivity contribution is -0.147. The van der Waals surface area contributed by atoms with Crippen molar-refractivity contribution in [2.24, 2.45) is 10.8 Å². The first kappa shape index (κ1) is 18.6. The van der Waals surface area contributed by atoms with Gasteiger partial charge >= 0.3 is 12.0 Å². The lowest BCUT2D eigenvalue weighted by atomic mass is 10.2. The first-order chi connectivity index (χ1) is 10.9. The Kier molecular flexibility index (Phi) is 7.14. The lowest BCUT2D eigenvalue weighted by Gasteiger charge is -2.17. The van der Waals surface area contributed by atoms with E-state index in [-0.39, 0.29) is 10.8 Å². The van der Waals surface area contributed by atoms with Gasteiger partial charge in [0.1, 0.15) is 0 Å². The molecule has 0 aliphatic heterocycles. The average molecular weight is 344 g/mol. The van der Waals surface area contributed by atoms with Crippen LogP contribution in [0.3, 0.4) is 0 Å². The number of nitrogens with one attached hydrogen (secondary N) is 1. The van der Waals surface area contributed by atoms with Crippen LogP contribution in [0.15, 0.2) is 17.2 Å². The summed E-state index contributed by atoms with van der Waals surface area (Å²) in [6.07, 6.45) is 0.486. The standard InChI is InChI=1S/C14H18ClN3O5/c1-4-22-11-6-9(7-17-18-14(16)20)5-10(15)12(11)23-8(2)13(19)21-3/h5-8H,4H2,1-3H3,(H3,16,18,20). The quantitative estimate of drug-likeness (QED) is 0.444. The molecule has 8 nitrogen and oxygen atoms in total. The maximum atomic E-state index is 11.5. The topological polar surface area (TPSA) is 112 Å². The molecule has 0 bridgehead atoms. The van der Waals surface area contributed by atoms with Gasteiger partial charge in [-0.3, -0.25) is 0 Å². The Morgan fingerprint density at radius 1 is 1.48 bits per heavy atom. The van der Waals surface area contributed by atoms with Crippen LogP contribution in [0.25, 0.3) is 0 Å². The number of nitrogens with two attached hydrogens (primary N) is 1. The summed E-state index contributed by atoms with van der Waals surface area (Å²) in [4.78, 5) is 22.0. The maximum absolute atomic E-state index is 11.5. The molecule has 1 atom stereocenters. The Morgan fingerprint density at radius 3 is 2.74 bits per heavy atom. The van der Waals surface area contributed by atoms with Gasteiger partial charge < -0.3 is 19.9 Å². The summed E-state index contributed by atoms with van der Waals surface area (Å²) in [5, 5.41) is 3.85. The summed E-state index contributed by atoms with van der Waals surface area (Å²) in [5.74, 6) is 0.00233. The normalized spacial score (nSPS) is 11.8. The van der Waals surface area contributed by atoms with Gasteiger partial charge in [-0.2, -0.15) is 5.10 Å². The van der Waals surface area contributed by atoms with Gasteiger partial charge in [-0.1, -0.05) is 11.6 Å². The third kappa shape index (κ3) is 5.67. The lowest BCUT2D eigenvalue weighted by Crippen LogP contribution is -2.25. The number of amides is 2. The minimum atomic E-state index is -0.854. The number of rotatable bonds is 7. The van der Waals surface area contributed by atoms with Crippen molar-refractivity contribution in [3.63, 3.8) is 0 Å². The fourth-order valence-corrected chi connectivity index (χ4v) is 1.86.